The number of nitrogens with zero attached hydrogens (tertiary/aromatic N) is 3. The van der Waals surface area contributed by atoms with Crippen LogP contribution in [-0.2, 0) is 14.4 Å². The van der Waals surface area contributed by atoms with E-state index in [0.717, 1.165) is 99.3 Å². The van der Waals surface area contributed by atoms with Gasteiger partial charge in [-0.3, -0.25) is 9.69 Å². The lowest BCUT2D eigenvalue weighted by Crippen LogP contribution is -2.70. The molecule has 0 radical (unpaired) electrons. The Morgan fingerprint density at radius 3 is 2.52 bits per heavy atom. The highest BCUT2D eigenvalue weighted by Gasteiger charge is 2.65. The molecule has 2 aliphatic heterocycles. The van der Waals surface area contributed by atoms with E-state index >= 15 is 0 Å². The highest BCUT2D eigenvalue weighted by atomic mass is 16.7. The summed E-state index contributed by atoms with van der Waals surface area (Å²) in [4.78, 5) is 25.4. The predicted octanol–water partition coefficient (Wildman–Crippen LogP) is 8.02. The third kappa shape index (κ3) is 10.2. The quantitative estimate of drug-likeness (QED) is 0.0527. The summed E-state index contributed by atoms with van der Waals surface area (Å²) in [5, 5.41) is 24.8. The molecule has 3 fully saturated rings. The summed E-state index contributed by atoms with van der Waals surface area (Å²) in [5.74, 6) is 1.12. The van der Waals surface area contributed by atoms with Gasteiger partial charge in [0.25, 0.3) is 0 Å². The molecular weight excluding hydrogens is 707 g/mol. The van der Waals surface area contributed by atoms with Crippen LogP contribution in [0.3, 0.4) is 0 Å². The third-order valence-corrected chi connectivity index (χ3v) is 12.7. The molecule has 1 amide bonds. The number of rotatable bonds is 22. The Hall–Kier alpha value is -2.92. The Balaban J connectivity index is 1.52. The largest absolute Gasteiger partial charge is 0.492 e. The number of aliphatic hydroxyl groups is 2. The number of allylic oxidation sites excluding steroid dienone is 1. The maximum Gasteiger partial charge on any atom is 0.239 e. The minimum absolute atomic E-state index is 0.0585. The second kappa shape index (κ2) is 19.7. The maximum atomic E-state index is 14.7. The van der Waals surface area contributed by atoms with Gasteiger partial charge in [-0.15, -0.1) is 6.58 Å². The fourth-order valence-electron chi connectivity index (χ4n) is 9.98. The molecule has 1 aromatic carbocycles. The molecule has 1 aromatic rings. The second-order valence-corrected chi connectivity index (χ2v) is 17.9. The van der Waals surface area contributed by atoms with Crippen LogP contribution in [0.5, 0.6) is 11.5 Å². The van der Waals surface area contributed by atoms with Gasteiger partial charge in [-0.2, -0.15) is 0 Å². The molecule has 6 rings (SSSR count). The molecule has 2 N–H and O–H groups in total. The minimum atomic E-state index is -1.22. The van der Waals surface area contributed by atoms with Crippen LogP contribution in [-0.4, -0.2) is 102 Å². The van der Waals surface area contributed by atoms with Crippen LogP contribution in [0, 0.1) is 23.7 Å². The molecule has 1 saturated heterocycles. The molecular formula is C46H71N3O7. The van der Waals surface area contributed by atoms with E-state index in [1.807, 2.05) is 26.8 Å². The molecule has 10 nitrogen and oxygen atoms in total. The monoisotopic (exact) mass is 778 g/mol. The lowest BCUT2D eigenvalue weighted by molar-refractivity contribution is -0.257. The third-order valence-electron chi connectivity index (χ3n) is 12.7. The van der Waals surface area contributed by atoms with Crippen LogP contribution in [0.1, 0.15) is 129 Å². The molecule has 2 saturated carbocycles. The SMILES string of the molecule is C=CCO[C@@]12Oc3ccc(OCCN4CC4)cc3[C@H]3[C@H](CCCCO)[C@@H](CCCCO)C=C(C(=NOC(C)(C)C)C[C@@H]1N(CCC)C(=O)CCC1CCCC1)[C@H]32. The number of carbonyl (C=O) groups excluding carboxylic acids is 1. The molecule has 6 atom stereocenters. The van der Waals surface area contributed by atoms with Gasteiger partial charge in [-0.25, -0.2) is 0 Å². The van der Waals surface area contributed by atoms with E-state index in [1.54, 1.807) is 6.08 Å². The zero-order valence-electron chi connectivity index (χ0n) is 34.9. The molecule has 0 unspecified atom stereocenters. The van der Waals surface area contributed by atoms with Crippen molar-refractivity contribution < 1.29 is 34.1 Å². The minimum Gasteiger partial charge on any atom is -0.492 e. The van der Waals surface area contributed by atoms with Crippen molar-refractivity contribution >= 4 is 11.6 Å². The summed E-state index contributed by atoms with van der Waals surface area (Å²) >= 11 is 0. The maximum absolute atomic E-state index is 14.7. The molecule has 0 spiro atoms. The highest BCUT2D eigenvalue weighted by Crippen LogP contribution is 2.62. The standard InChI is InChI=1S/C46H71N3O7/c1-6-22-49(42(52)21-18-33-14-8-9-15-33)41-32-39(47-56-45(3,4)5)37-30-34(16-10-12-26-50)36(17-11-13-27-51)43-38-31-35(53-29-25-48-23-24-48)19-20-40(38)55-46(41,44(37)43)54-28-7-2/h7,19-20,30-31,33-34,36,41,43-44,50-51H,2,6,8-18,21-29,32H2,1,3-5H3/t34-,36+,41-,43+,44+,46+/m0/s1. The van der Waals surface area contributed by atoms with E-state index in [9.17, 15) is 15.0 Å². The van der Waals surface area contributed by atoms with Crippen LogP contribution in [0.2, 0.25) is 0 Å². The molecule has 10 heteroatoms. The number of benzene rings is 1. The van der Waals surface area contributed by atoms with Gasteiger partial charge in [0, 0.05) is 63.7 Å². The van der Waals surface area contributed by atoms with E-state index in [2.05, 4.69) is 41.5 Å². The Morgan fingerprint density at radius 1 is 1.09 bits per heavy atom. The number of hydrogen-bond acceptors (Lipinski definition) is 9. The molecule has 0 aromatic heterocycles. The van der Waals surface area contributed by atoms with Crippen molar-refractivity contribution in [2.45, 2.75) is 141 Å². The number of hydrogen-bond donors (Lipinski definition) is 2. The molecule has 5 aliphatic rings. The zero-order valence-corrected chi connectivity index (χ0v) is 34.9. The van der Waals surface area contributed by atoms with Gasteiger partial charge in [0.1, 0.15) is 29.7 Å². The van der Waals surface area contributed by atoms with Crippen molar-refractivity contribution in [3.63, 3.8) is 0 Å². The summed E-state index contributed by atoms with van der Waals surface area (Å²) in [5.41, 5.74) is 2.49. The predicted molar refractivity (Wildman–Crippen MR) is 221 cm³/mol. The first-order valence-electron chi connectivity index (χ1n) is 22.0. The number of aliphatic hydroxyl groups excluding tert-OH is 2. The van der Waals surface area contributed by atoms with Crippen molar-refractivity contribution in [2.75, 3.05) is 52.6 Å². The van der Waals surface area contributed by atoms with Gasteiger partial charge in [-0.05, 0) is 101 Å². The van der Waals surface area contributed by atoms with Crippen LogP contribution in [0.25, 0.3) is 0 Å². The summed E-state index contributed by atoms with van der Waals surface area (Å²) in [6, 6.07) is 5.79. The number of ether oxygens (including phenoxy) is 3. The average Bonchev–Trinajstić information content (AvgIpc) is 3.86. The average molecular weight is 778 g/mol. The topological polar surface area (TPSA) is 113 Å². The van der Waals surface area contributed by atoms with Crippen molar-refractivity contribution in [2.24, 2.45) is 28.8 Å². The lowest BCUT2D eigenvalue weighted by atomic mass is 9.55. The van der Waals surface area contributed by atoms with E-state index in [1.165, 1.54) is 25.7 Å². The van der Waals surface area contributed by atoms with Crippen LogP contribution in [0.4, 0.5) is 0 Å². The summed E-state index contributed by atoms with van der Waals surface area (Å²) in [6.07, 6.45) is 16.8. The Kier molecular flexibility index (Phi) is 15.0. The van der Waals surface area contributed by atoms with Gasteiger partial charge >= 0.3 is 0 Å². The summed E-state index contributed by atoms with van der Waals surface area (Å²) in [7, 11) is 0. The first kappa shape index (κ1) is 42.7. The highest BCUT2D eigenvalue weighted by molar-refractivity contribution is 6.03. The van der Waals surface area contributed by atoms with Crippen molar-refractivity contribution in [1.82, 2.24) is 9.80 Å². The van der Waals surface area contributed by atoms with Crippen LogP contribution < -0.4 is 9.47 Å². The number of amides is 1. The number of carbonyl (C=O) groups is 1. The Labute approximate surface area is 336 Å². The number of oxime groups is 1. The fraction of sp³-hybridized carbons (Fsp3) is 0.739. The smallest absolute Gasteiger partial charge is 0.239 e. The Bertz CT molecular complexity index is 1510. The number of unbranched alkanes of at least 4 members (excludes halogenated alkanes) is 2. The molecule has 312 valence electrons. The molecule has 2 heterocycles. The van der Waals surface area contributed by atoms with E-state index in [0.29, 0.717) is 31.9 Å². The van der Waals surface area contributed by atoms with Gasteiger partial charge < -0.3 is 34.2 Å². The van der Waals surface area contributed by atoms with E-state index in [4.69, 9.17) is 24.2 Å². The molecule has 3 aliphatic carbocycles. The molecule has 0 bridgehead atoms. The van der Waals surface area contributed by atoms with E-state index < -0.39 is 17.4 Å². The van der Waals surface area contributed by atoms with Crippen molar-refractivity contribution in [3.05, 3.63) is 48.1 Å². The van der Waals surface area contributed by atoms with Crippen molar-refractivity contribution in [3.8, 4) is 11.5 Å². The first-order chi connectivity index (χ1) is 27.1. The second-order valence-electron chi connectivity index (χ2n) is 17.9. The van der Waals surface area contributed by atoms with Gasteiger partial charge in [-0.1, -0.05) is 62.8 Å². The van der Waals surface area contributed by atoms with Crippen LogP contribution in [0.15, 0.2) is 47.7 Å². The Morgan fingerprint density at radius 2 is 1.84 bits per heavy atom. The van der Waals surface area contributed by atoms with E-state index in [-0.39, 0.29) is 49.4 Å². The first-order valence-corrected chi connectivity index (χ1v) is 22.0. The zero-order chi connectivity index (χ0) is 39.7. The lowest BCUT2D eigenvalue weighted by Gasteiger charge is -2.60. The fourth-order valence-corrected chi connectivity index (χ4v) is 9.98. The summed E-state index contributed by atoms with van der Waals surface area (Å²) in [6.45, 7) is 17.2. The number of fused-ring (bicyclic) bond motifs is 2. The normalized spacial score (nSPS) is 27.9. The summed E-state index contributed by atoms with van der Waals surface area (Å²) < 4.78 is 20.9. The molecule has 56 heavy (non-hydrogen) atoms. The van der Waals surface area contributed by atoms with Gasteiger partial charge in [0.05, 0.1) is 18.2 Å². The van der Waals surface area contributed by atoms with Gasteiger partial charge in [0.2, 0.25) is 11.7 Å². The van der Waals surface area contributed by atoms with Crippen LogP contribution >= 0.6 is 0 Å². The van der Waals surface area contributed by atoms with Crippen molar-refractivity contribution in [1.29, 1.82) is 0 Å². The van der Waals surface area contributed by atoms with Gasteiger partial charge in [0.15, 0.2) is 0 Å².